The van der Waals surface area contributed by atoms with Crippen LogP contribution in [0.25, 0.3) is 10.8 Å². The number of hydrogen-bond acceptors (Lipinski definition) is 3. The van der Waals surface area contributed by atoms with Crippen molar-refractivity contribution in [2.45, 2.75) is 25.9 Å². The lowest BCUT2D eigenvalue weighted by atomic mass is 10.0. The van der Waals surface area contributed by atoms with Crippen molar-refractivity contribution >= 4 is 32.4 Å². The fraction of sp³-hybridized carbons (Fsp3) is 0.227. The lowest BCUT2D eigenvalue weighted by Crippen LogP contribution is -2.49. The molecular weight excluding hydrogens is 372 g/mol. The van der Waals surface area contributed by atoms with Gasteiger partial charge >= 0.3 is 0 Å². The maximum absolute atomic E-state index is 12.9. The van der Waals surface area contributed by atoms with Gasteiger partial charge in [-0.15, -0.1) is 0 Å². The first-order valence-corrected chi connectivity index (χ1v) is 11.1. The van der Waals surface area contributed by atoms with Gasteiger partial charge in [0.1, 0.15) is 6.04 Å². The van der Waals surface area contributed by atoms with Gasteiger partial charge in [-0.1, -0.05) is 67.6 Å². The van der Waals surface area contributed by atoms with Crippen molar-refractivity contribution in [2.75, 3.05) is 10.6 Å². The Morgan fingerprint density at radius 1 is 0.964 bits per heavy atom. The number of rotatable bonds is 7. The molecule has 146 valence electrons. The molecule has 5 nitrogen and oxygen atoms in total. The van der Waals surface area contributed by atoms with E-state index in [4.69, 9.17) is 0 Å². The highest BCUT2D eigenvalue weighted by Gasteiger charge is 2.31. The second kappa shape index (κ2) is 8.44. The molecule has 1 N–H and O–H groups in total. The summed E-state index contributed by atoms with van der Waals surface area (Å²) in [5.74, 6) is -0.315. The van der Waals surface area contributed by atoms with Crippen LogP contribution < -0.4 is 9.62 Å². The lowest BCUT2D eigenvalue weighted by molar-refractivity contribution is -0.122. The second-order valence-electron chi connectivity index (χ2n) is 6.67. The monoisotopic (exact) mass is 396 g/mol. The number of carbonyl (C=O) groups excluding carboxylic acids is 1. The van der Waals surface area contributed by atoms with Gasteiger partial charge in [0.2, 0.25) is 15.9 Å². The summed E-state index contributed by atoms with van der Waals surface area (Å²) >= 11 is 0. The summed E-state index contributed by atoms with van der Waals surface area (Å²) in [5.41, 5.74) is 1.48. The zero-order chi connectivity index (χ0) is 20.1. The average molecular weight is 397 g/mol. The molecule has 0 aliphatic rings. The van der Waals surface area contributed by atoms with Gasteiger partial charge in [-0.05, 0) is 34.9 Å². The van der Waals surface area contributed by atoms with E-state index in [0.717, 1.165) is 22.6 Å². The second-order valence-corrected chi connectivity index (χ2v) is 8.53. The number of carbonyl (C=O) groups is 1. The first kappa shape index (κ1) is 19.9. The zero-order valence-electron chi connectivity index (χ0n) is 16.0. The van der Waals surface area contributed by atoms with E-state index in [2.05, 4.69) is 5.32 Å². The van der Waals surface area contributed by atoms with Gasteiger partial charge in [0.25, 0.3) is 0 Å². The van der Waals surface area contributed by atoms with Gasteiger partial charge in [-0.2, -0.15) is 0 Å². The fourth-order valence-electron chi connectivity index (χ4n) is 3.38. The minimum atomic E-state index is -3.62. The van der Waals surface area contributed by atoms with E-state index in [9.17, 15) is 13.2 Å². The summed E-state index contributed by atoms with van der Waals surface area (Å²) in [6.07, 6.45) is 1.49. The molecule has 0 bridgehead atoms. The van der Waals surface area contributed by atoms with Crippen LogP contribution in [-0.2, 0) is 21.4 Å². The smallest absolute Gasteiger partial charge is 0.244 e. The normalized spacial score (nSPS) is 12.5. The molecule has 0 saturated carbocycles. The first-order valence-electron chi connectivity index (χ1n) is 9.20. The molecule has 0 aliphatic carbocycles. The molecule has 0 saturated heterocycles. The minimum absolute atomic E-state index is 0.315. The third-order valence-corrected chi connectivity index (χ3v) is 5.85. The first-order chi connectivity index (χ1) is 13.4. The summed E-state index contributed by atoms with van der Waals surface area (Å²) in [4.78, 5) is 12.9. The summed E-state index contributed by atoms with van der Waals surface area (Å²) in [5, 5.41) is 5.09. The van der Waals surface area contributed by atoms with Crippen LogP contribution in [0.1, 0.15) is 18.9 Å². The highest BCUT2D eigenvalue weighted by Crippen LogP contribution is 2.23. The van der Waals surface area contributed by atoms with Gasteiger partial charge < -0.3 is 5.32 Å². The van der Waals surface area contributed by atoms with Crippen molar-refractivity contribution in [1.29, 1.82) is 0 Å². The molecule has 6 heteroatoms. The van der Waals surface area contributed by atoms with Crippen LogP contribution in [0, 0.1) is 0 Å². The quantitative estimate of drug-likeness (QED) is 0.662. The third-order valence-electron chi connectivity index (χ3n) is 4.67. The Morgan fingerprint density at radius 2 is 1.61 bits per heavy atom. The van der Waals surface area contributed by atoms with Crippen LogP contribution in [0.15, 0.2) is 72.8 Å². The molecule has 0 heterocycles. The van der Waals surface area contributed by atoms with E-state index < -0.39 is 16.1 Å². The Labute approximate surface area is 166 Å². The average Bonchev–Trinajstić information content (AvgIpc) is 2.69. The van der Waals surface area contributed by atoms with Crippen LogP contribution >= 0.6 is 0 Å². The van der Waals surface area contributed by atoms with Crippen LogP contribution in [0.5, 0.6) is 0 Å². The third kappa shape index (κ3) is 4.34. The van der Waals surface area contributed by atoms with Crippen molar-refractivity contribution in [1.82, 2.24) is 5.32 Å². The molecule has 0 radical (unpaired) electrons. The van der Waals surface area contributed by atoms with Gasteiger partial charge in [0.15, 0.2) is 0 Å². The molecule has 3 aromatic rings. The predicted octanol–water partition coefficient (Wildman–Crippen LogP) is 3.70. The van der Waals surface area contributed by atoms with Crippen molar-refractivity contribution in [3.63, 3.8) is 0 Å². The van der Waals surface area contributed by atoms with E-state index in [1.54, 1.807) is 24.3 Å². The topological polar surface area (TPSA) is 66.5 Å². The zero-order valence-corrected chi connectivity index (χ0v) is 16.8. The fourth-order valence-corrected chi connectivity index (χ4v) is 4.59. The van der Waals surface area contributed by atoms with Gasteiger partial charge in [-0.3, -0.25) is 9.10 Å². The van der Waals surface area contributed by atoms with Crippen LogP contribution in [-0.4, -0.2) is 26.6 Å². The number of fused-ring (bicyclic) bond motifs is 1. The van der Waals surface area contributed by atoms with Gasteiger partial charge in [-0.25, -0.2) is 8.42 Å². The number of para-hydroxylation sites is 1. The Morgan fingerprint density at radius 3 is 2.29 bits per heavy atom. The molecule has 1 unspecified atom stereocenters. The van der Waals surface area contributed by atoms with E-state index in [-0.39, 0.29) is 5.91 Å². The van der Waals surface area contributed by atoms with Crippen molar-refractivity contribution in [3.8, 4) is 0 Å². The summed E-state index contributed by atoms with van der Waals surface area (Å²) in [6.45, 7) is 2.15. The number of sulfonamides is 1. The Hall–Kier alpha value is -2.86. The predicted molar refractivity (Wildman–Crippen MR) is 114 cm³/mol. The Kier molecular flexibility index (Phi) is 5.99. The van der Waals surface area contributed by atoms with Crippen LogP contribution in [0.3, 0.4) is 0 Å². The maximum Gasteiger partial charge on any atom is 0.244 e. The molecule has 0 fully saturated rings. The number of hydrogen-bond donors (Lipinski definition) is 1. The molecule has 1 atom stereocenters. The SMILES string of the molecule is CCC(C(=O)NCc1cccc2ccccc12)N(c1ccccc1)S(C)(=O)=O. The summed E-state index contributed by atoms with van der Waals surface area (Å²) < 4.78 is 26.1. The molecule has 3 aromatic carbocycles. The van der Waals surface area contributed by atoms with Crippen molar-refractivity contribution in [3.05, 3.63) is 78.4 Å². The van der Waals surface area contributed by atoms with Crippen LogP contribution in [0.2, 0.25) is 0 Å². The molecule has 0 spiro atoms. The molecule has 0 aromatic heterocycles. The summed E-state index contributed by atoms with van der Waals surface area (Å²) in [7, 11) is -3.62. The number of anilines is 1. The maximum atomic E-state index is 12.9. The highest BCUT2D eigenvalue weighted by molar-refractivity contribution is 7.92. The largest absolute Gasteiger partial charge is 0.350 e. The van der Waals surface area contributed by atoms with Gasteiger partial charge in [0, 0.05) is 6.54 Å². The number of nitrogens with zero attached hydrogens (tertiary/aromatic N) is 1. The summed E-state index contributed by atoms with van der Waals surface area (Å²) in [6, 6.07) is 21.8. The highest BCUT2D eigenvalue weighted by atomic mass is 32.2. The minimum Gasteiger partial charge on any atom is -0.350 e. The standard InChI is InChI=1S/C22H24N2O3S/c1-3-21(24(28(2,26)27)19-13-5-4-6-14-19)22(25)23-16-18-12-9-11-17-10-7-8-15-20(17)18/h4-15,21H,3,16H2,1-2H3,(H,23,25). The Balaban J connectivity index is 1.84. The Bertz CT molecular complexity index is 1060. The molecule has 1 amide bonds. The van der Waals surface area contributed by atoms with E-state index >= 15 is 0 Å². The van der Waals surface area contributed by atoms with E-state index in [0.29, 0.717) is 18.7 Å². The molecular formula is C22H24N2O3S. The van der Waals surface area contributed by atoms with Crippen molar-refractivity contribution in [2.24, 2.45) is 0 Å². The van der Waals surface area contributed by atoms with Crippen molar-refractivity contribution < 1.29 is 13.2 Å². The number of benzene rings is 3. The number of nitrogens with one attached hydrogen (secondary N) is 1. The van der Waals surface area contributed by atoms with E-state index in [1.807, 2.05) is 55.5 Å². The molecule has 3 rings (SSSR count). The van der Waals surface area contributed by atoms with Gasteiger partial charge in [0.05, 0.1) is 11.9 Å². The number of amides is 1. The van der Waals surface area contributed by atoms with E-state index in [1.165, 1.54) is 4.31 Å². The molecule has 0 aliphatic heterocycles. The molecule has 28 heavy (non-hydrogen) atoms. The van der Waals surface area contributed by atoms with Crippen LogP contribution in [0.4, 0.5) is 5.69 Å². The lowest BCUT2D eigenvalue weighted by Gasteiger charge is -2.30.